The SMILES string of the molecule is COc1ccc(-c2noc(CN3CCN(Cn4nc(-c5cccs5)oc4=O)CC3)n2)cc1. The molecule has 11 heteroatoms. The van der Waals surface area contributed by atoms with E-state index in [0.717, 1.165) is 42.4 Å². The molecule has 0 atom stereocenters. The number of piperazine rings is 1. The van der Waals surface area contributed by atoms with Crippen LogP contribution in [0.2, 0.25) is 0 Å². The summed E-state index contributed by atoms with van der Waals surface area (Å²) in [5.74, 6) is 1.86. The third-order valence-corrected chi connectivity index (χ3v) is 6.17. The highest BCUT2D eigenvalue weighted by Crippen LogP contribution is 2.22. The van der Waals surface area contributed by atoms with Crippen LogP contribution in [0.1, 0.15) is 5.89 Å². The van der Waals surface area contributed by atoms with E-state index in [4.69, 9.17) is 13.7 Å². The van der Waals surface area contributed by atoms with Crippen molar-refractivity contribution in [3.8, 4) is 27.9 Å². The number of aromatic nitrogens is 4. The molecule has 1 aromatic carbocycles. The van der Waals surface area contributed by atoms with Crippen molar-refractivity contribution in [1.82, 2.24) is 29.7 Å². The van der Waals surface area contributed by atoms with Crippen molar-refractivity contribution in [2.75, 3.05) is 33.3 Å². The molecule has 0 radical (unpaired) electrons. The van der Waals surface area contributed by atoms with Crippen LogP contribution < -0.4 is 10.5 Å². The molecule has 0 saturated carbocycles. The molecule has 0 bridgehead atoms. The van der Waals surface area contributed by atoms with E-state index in [0.29, 0.717) is 30.8 Å². The number of hydrogen-bond donors (Lipinski definition) is 0. The smallest absolute Gasteiger partial charge is 0.438 e. The van der Waals surface area contributed by atoms with Crippen molar-refractivity contribution in [2.45, 2.75) is 13.2 Å². The molecule has 32 heavy (non-hydrogen) atoms. The summed E-state index contributed by atoms with van der Waals surface area (Å²) in [7, 11) is 1.63. The fourth-order valence-electron chi connectivity index (χ4n) is 3.54. The predicted molar refractivity (Wildman–Crippen MR) is 117 cm³/mol. The molecule has 1 fully saturated rings. The second-order valence-corrected chi connectivity index (χ2v) is 8.37. The summed E-state index contributed by atoms with van der Waals surface area (Å²) >= 11 is 1.49. The molecule has 0 amide bonds. The van der Waals surface area contributed by atoms with Gasteiger partial charge in [-0.2, -0.15) is 9.67 Å². The molecule has 4 aromatic rings. The Bertz CT molecular complexity index is 1210. The fourth-order valence-corrected chi connectivity index (χ4v) is 4.19. The molecule has 0 N–H and O–H groups in total. The Labute approximate surface area is 187 Å². The molecule has 0 spiro atoms. The Morgan fingerprint density at radius 2 is 1.88 bits per heavy atom. The number of rotatable bonds is 7. The van der Waals surface area contributed by atoms with Crippen molar-refractivity contribution < 1.29 is 13.7 Å². The van der Waals surface area contributed by atoms with E-state index in [2.05, 4.69) is 25.0 Å². The molecule has 10 nitrogen and oxygen atoms in total. The highest BCUT2D eigenvalue weighted by molar-refractivity contribution is 7.13. The lowest BCUT2D eigenvalue weighted by atomic mass is 10.2. The first kappa shape index (κ1) is 20.6. The molecule has 1 aliphatic heterocycles. The van der Waals surface area contributed by atoms with Crippen molar-refractivity contribution >= 4 is 11.3 Å². The summed E-state index contributed by atoms with van der Waals surface area (Å²) in [6.45, 7) is 4.24. The van der Waals surface area contributed by atoms with Crippen LogP contribution in [0.5, 0.6) is 5.75 Å². The molecule has 166 valence electrons. The van der Waals surface area contributed by atoms with E-state index < -0.39 is 5.76 Å². The van der Waals surface area contributed by atoms with E-state index in [-0.39, 0.29) is 0 Å². The average Bonchev–Trinajstić information content (AvgIpc) is 3.57. The first-order chi connectivity index (χ1) is 15.7. The molecule has 4 heterocycles. The monoisotopic (exact) mass is 454 g/mol. The zero-order valence-corrected chi connectivity index (χ0v) is 18.3. The predicted octanol–water partition coefficient (Wildman–Crippen LogP) is 2.40. The van der Waals surface area contributed by atoms with Gasteiger partial charge >= 0.3 is 5.76 Å². The van der Waals surface area contributed by atoms with Gasteiger partial charge in [0.2, 0.25) is 11.7 Å². The summed E-state index contributed by atoms with van der Waals surface area (Å²) < 4.78 is 17.3. The van der Waals surface area contributed by atoms with Crippen molar-refractivity contribution in [1.29, 1.82) is 0 Å². The summed E-state index contributed by atoms with van der Waals surface area (Å²) in [5.41, 5.74) is 0.880. The summed E-state index contributed by atoms with van der Waals surface area (Å²) in [6, 6.07) is 11.3. The minimum atomic E-state index is -0.437. The molecular weight excluding hydrogens is 432 g/mol. The van der Waals surface area contributed by atoms with Crippen LogP contribution in [0.3, 0.4) is 0 Å². The van der Waals surface area contributed by atoms with Gasteiger partial charge in [-0.1, -0.05) is 11.2 Å². The maximum Gasteiger partial charge on any atom is 0.438 e. The zero-order valence-electron chi connectivity index (χ0n) is 17.5. The van der Waals surface area contributed by atoms with Crippen molar-refractivity contribution in [2.24, 2.45) is 0 Å². The standard InChI is InChI=1S/C21H22N6O4S/c1-29-16-6-4-15(5-7-16)19-22-18(31-24-19)13-25-8-10-26(11-9-25)14-27-21(28)30-20(23-27)17-3-2-12-32-17/h2-7,12H,8-11,13-14H2,1H3. The summed E-state index contributed by atoms with van der Waals surface area (Å²) in [6.07, 6.45) is 0. The lowest BCUT2D eigenvalue weighted by Crippen LogP contribution is -2.47. The Hall–Kier alpha value is -3.28. The molecule has 1 aliphatic rings. The first-order valence-corrected chi connectivity index (χ1v) is 11.1. The normalized spacial score (nSPS) is 15.3. The van der Waals surface area contributed by atoms with Gasteiger partial charge in [0.1, 0.15) is 12.4 Å². The van der Waals surface area contributed by atoms with Gasteiger partial charge in [-0.25, -0.2) is 4.79 Å². The number of nitrogens with zero attached hydrogens (tertiary/aromatic N) is 6. The number of ether oxygens (including phenoxy) is 1. The fraction of sp³-hybridized carbons (Fsp3) is 0.333. The largest absolute Gasteiger partial charge is 0.497 e. The van der Waals surface area contributed by atoms with Crippen LogP contribution in [-0.4, -0.2) is 63.0 Å². The first-order valence-electron chi connectivity index (χ1n) is 10.2. The van der Waals surface area contributed by atoms with E-state index in [9.17, 15) is 4.79 Å². The highest BCUT2D eigenvalue weighted by atomic mass is 32.1. The van der Waals surface area contributed by atoms with E-state index in [1.54, 1.807) is 7.11 Å². The Kier molecular flexibility index (Phi) is 5.84. The maximum atomic E-state index is 12.1. The molecular formula is C21H22N6O4S. The Morgan fingerprint density at radius 1 is 1.09 bits per heavy atom. The van der Waals surface area contributed by atoms with Gasteiger partial charge in [0.15, 0.2) is 0 Å². The average molecular weight is 455 g/mol. The Morgan fingerprint density at radius 3 is 2.59 bits per heavy atom. The lowest BCUT2D eigenvalue weighted by molar-refractivity contribution is 0.0893. The third-order valence-electron chi connectivity index (χ3n) is 5.31. The number of hydrogen-bond acceptors (Lipinski definition) is 10. The third kappa shape index (κ3) is 4.49. The number of benzene rings is 1. The van der Waals surface area contributed by atoms with Gasteiger partial charge in [0.05, 0.1) is 18.5 Å². The quantitative estimate of drug-likeness (QED) is 0.416. The van der Waals surface area contributed by atoms with Gasteiger partial charge in [-0.15, -0.1) is 16.4 Å². The van der Waals surface area contributed by atoms with E-state index in [1.807, 2.05) is 41.8 Å². The van der Waals surface area contributed by atoms with Crippen LogP contribution in [0.25, 0.3) is 22.2 Å². The Balaban J connectivity index is 1.15. The zero-order chi connectivity index (χ0) is 21.9. The van der Waals surface area contributed by atoms with Crippen molar-refractivity contribution in [3.05, 3.63) is 58.2 Å². The molecule has 0 aliphatic carbocycles. The van der Waals surface area contributed by atoms with Gasteiger partial charge in [0, 0.05) is 31.7 Å². The second-order valence-electron chi connectivity index (χ2n) is 7.43. The number of thiophene rings is 1. The van der Waals surface area contributed by atoms with Gasteiger partial charge in [0.25, 0.3) is 5.89 Å². The van der Waals surface area contributed by atoms with Gasteiger partial charge in [-0.3, -0.25) is 9.80 Å². The van der Waals surface area contributed by atoms with E-state index in [1.165, 1.54) is 16.0 Å². The number of methoxy groups -OCH3 is 1. The van der Waals surface area contributed by atoms with Crippen LogP contribution in [0, 0.1) is 0 Å². The summed E-state index contributed by atoms with van der Waals surface area (Å²) in [5, 5.41) is 10.3. The topological polar surface area (TPSA) is 103 Å². The minimum absolute atomic E-state index is 0.368. The van der Waals surface area contributed by atoms with Crippen molar-refractivity contribution in [3.63, 3.8) is 0 Å². The molecule has 0 unspecified atom stereocenters. The van der Waals surface area contributed by atoms with Gasteiger partial charge in [-0.05, 0) is 35.7 Å². The van der Waals surface area contributed by atoms with E-state index >= 15 is 0 Å². The van der Waals surface area contributed by atoms with Crippen LogP contribution in [0.15, 0.2) is 55.5 Å². The van der Waals surface area contributed by atoms with Gasteiger partial charge < -0.3 is 13.7 Å². The summed E-state index contributed by atoms with van der Waals surface area (Å²) in [4.78, 5) is 21.9. The molecule has 3 aromatic heterocycles. The molecule has 1 saturated heterocycles. The van der Waals surface area contributed by atoms with Crippen LogP contribution in [0.4, 0.5) is 0 Å². The van der Waals surface area contributed by atoms with Crippen LogP contribution >= 0.6 is 11.3 Å². The second kappa shape index (κ2) is 9.07. The maximum absolute atomic E-state index is 12.1. The molecule has 5 rings (SSSR count). The highest BCUT2D eigenvalue weighted by Gasteiger charge is 2.21. The van der Waals surface area contributed by atoms with Crippen LogP contribution in [-0.2, 0) is 13.2 Å². The minimum Gasteiger partial charge on any atom is -0.497 e. The lowest BCUT2D eigenvalue weighted by Gasteiger charge is -2.33.